The van der Waals surface area contributed by atoms with E-state index >= 15 is 0 Å². The minimum Gasteiger partial charge on any atom is -0.497 e. The van der Waals surface area contributed by atoms with Crippen molar-refractivity contribution >= 4 is 93.8 Å². The zero-order valence-electron chi connectivity index (χ0n) is 81.0. The Balaban J connectivity index is 0.000000283. The Morgan fingerprint density at radius 1 is 0.582 bits per heavy atom. The SMILES string of the molecule is COc1ccc(C2=CN3C(=O)c4cc(OC)c(OCCCCCOc5cc6c(cc5OC)C(=O)N5CC7(CC7)C[C@H]5C(O)N6C(=O)OCc5ccc(CC(=O)[C@H](C)NC(=O)[C@@H](CC(=O)CNC(=O)CCC(=O)OCC6[C@H]7CCC#CCC[C@@H]67)C(C)C)cc5)cc4CC[C@@H]3C2)cc1.O=C(Nc1ccc([N+](=O)[O-])cc1)OCC1[C@H]2CCC#CCC[C@@H]12.O=C(O)CCC(=O)CNC(=O)OCC1[C@H]2CCC#CCC[C@@H]12. The summed E-state index contributed by atoms with van der Waals surface area (Å²) in [5, 5.41) is 41.5. The Morgan fingerprint density at radius 2 is 1.13 bits per heavy atom. The van der Waals surface area contributed by atoms with Crippen LogP contribution in [-0.4, -0.2) is 194 Å². The molecule has 6 N–H and O–H groups in total. The van der Waals surface area contributed by atoms with Gasteiger partial charge in [-0.2, -0.15) is 0 Å². The molecule has 5 aromatic rings. The minimum absolute atomic E-state index is 0.0136. The van der Waals surface area contributed by atoms with E-state index in [9.17, 15) is 72.8 Å². The number of nitro benzene ring substituents is 1. The summed E-state index contributed by atoms with van der Waals surface area (Å²) >= 11 is 0. The monoisotopic (exact) mass is 1940 g/mol. The third-order valence-electron chi connectivity index (χ3n) is 29.2. The molecule has 4 saturated carbocycles. The van der Waals surface area contributed by atoms with Crippen molar-refractivity contribution in [1.29, 1.82) is 0 Å². The van der Waals surface area contributed by atoms with Crippen LogP contribution in [0.15, 0.2) is 103 Å². The third kappa shape index (κ3) is 27.8. The van der Waals surface area contributed by atoms with Gasteiger partial charge in [-0.3, -0.25) is 58.6 Å². The fourth-order valence-corrected chi connectivity index (χ4v) is 20.6. The van der Waals surface area contributed by atoms with Crippen molar-refractivity contribution in [3.8, 4) is 64.3 Å². The van der Waals surface area contributed by atoms with Crippen LogP contribution in [0.1, 0.15) is 224 Å². The van der Waals surface area contributed by atoms with E-state index in [1.807, 2.05) is 41.4 Å². The molecule has 4 aliphatic heterocycles. The second-order valence-electron chi connectivity index (χ2n) is 38.9. The first-order valence-corrected chi connectivity index (χ1v) is 49.4. The van der Waals surface area contributed by atoms with Crippen molar-refractivity contribution in [2.45, 2.75) is 225 Å². The Labute approximate surface area is 821 Å². The van der Waals surface area contributed by atoms with Gasteiger partial charge in [0.2, 0.25) is 11.8 Å². The number of non-ortho nitro benzene ring substituents is 1. The van der Waals surface area contributed by atoms with Gasteiger partial charge in [0.15, 0.2) is 46.6 Å². The highest BCUT2D eigenvalue weighted by molar-refractivity contribution is 6.06. The number of carbonyl (C=O) groups excluding carboxylic acids is 11. The van der Waals surface area contributed by atoms with Crippen LogP contribution in [0, 0.1) is 116 Å². The van der Waals surface area contributed by atoms with Crippen molar-refractivity contribution in [2.75, 3.05) is 84.2 Å². The molecule has 1 spiro atoms. The van der Waals surface area contributed by atoms with Crippen LogP contribution in [0.25, 0.3) is 5.57 Å². The molecule has 16 rings (SSSR count). The molecule has 141 heavy (non-hydrogen) atoms. The molecule has 0 radical (unpaired) electrons. The highest BCUT2D eigenvalue weighted by Crippen LogP contribution is 2.58. The molecule has 14 atom stereocenters. The summed E-state index contributed by atoms with van der Waals surface area (Å²) in [5.41, 5.74) is 5.55. The van der Waals surface area contributed by atoms with E-state index in [1.54, 1.807) is 82.4 Å². The number of aryl methyl sites for hydroxylation is 1. The number of aliphatic hydroxyl groups is 1. The number of aliphatic carboxylic acids is 1. The first-order chi connectivity index (χ1) is 68.1. The quantitative estimate of drug-likeness (QED) is 0.00530. The maximum atomic E-state index is 14.5. The van der Waals surface area contributed by atoms with Crippen LogP contribution < -0.4 is 49.9 Å². The number of Topliss-reactive ketones (excluding diaryl/α,β-unsaturated/α-hetero) is 3. The van der Waals surface area contributed by atoms with Crippen LogP contribution in [-0.2, 0) is 72.0 Å². The summed E-state index contributed by atoms with van der Waals surface area (Å²) in [6.45, 7) is 6.73. The molecular formula is C108H128N8O25. The Bertz CT molecular complexity index is 5610. The first-order valence-electron chi connectivity index (χ1n) is 49.4. The summed E-state index contributed by atoms with van der Waals surface area (Å²) < 4.78 is 51.3. The number of carbonyl (C=O) groups is 12. The lowest BCUT2D eigenvalue weighted by Gasteiger charge is -2.31. The Kier molecular flexibility index (Phi) is 35.6. The number of alkyl carbamates (subject to hydrolysis) is 1. The molecule has 5 fully saturated rings. The molecule has 11 aliphatic rings. The standard InChI is InChI=1S/C75H89N5O16.C17H18N2O4.C16H21NO5/c1-45(2)57(35-53(81)40-76-68(83)26-27-69(84)95-43-60-55-14-10-7-8-11-15-56(55)60)70(85)77-46(3)63(82)32-47-16-18-48(19-17-47)42-96-74(89)80-61-38-67(65(92-6)37-59(61)72(87)79-44-75(28-29-75)39-62(79)73(80)88)94-31-13-9-12-30-93-66-34-50-20-23-52-33-51(49-21-24-54(90-4)25-22-49)41-78(52)71(86)58(50)36-64(66)91-5;20-17(18-12-7-9-13(10-8-12)19(21)22)23-11-16-14-5-3-1-2-4-6-15(14)16;18-11(7-8-15(19)20)9-17-16(21)22-10-14-12-5-3-1-2-4-6-13(12)14/h16-19,21-22,24-25,34,36-38,41,45-46,52,55-57,60,62,73,88H,9-15,20,23,26-33,35,39-40,42-44H2,1-6H3,(H,76,83)(H,77,85);7-10,14-16H,3-6,11H2,(H,18,20);12-14H,3-10H2,(H,17,21)(H,19,20)/t46-,52+,55-,56+,57-,60?,62-,73?;14-,15+,16?;12-,13+,14?/m0../s1. The summed E-state index contributed by atoms with van der Waals surface area (Å²) in [5.74, 6) is 21.3. The fourth-order valence-electron chi connectivity index (χ4n) is 20.6. The van der Waals surface area contributed by atoms with E-state index < -0.39 is 71.2 Å². The molecule has 0 aromatic heterocycles. The van der Waals surface area contributed by atoms with Gasteiger partial charge in [-0.25, -0.2) is 19.3 Å². The van der Waals surface area contributed by atoms with Crippen LogP contribution >= 0.6 is 0 Å². The number of anilines is 2. The molecule has 750 valence electrons. The number of unbranched alkanes of at least 4 members (excludes halogenated alkanes) is 2. The zero-order valence-corrected chi connectivity index (χ0v) is 81.0. The number of nitrogens with one attached hydrogen (secondary N) is 4. The molecule has 4 heterocycles. The number of nitrogens with zero attached hydrogens (tertiary/aromatic N) is 4. The molecule has 5 aromatic carbocycles. The Morgan fingerprint density at radius 3 is 1.69 bits per heavy atom. The molecular weight excluding hydrogens is 1810 g/mol. The van der Waals surface area contributed by atoms with E-state index in [0.717, 1.165) is 137 Å². The summed E-state index contributed by atoms with van der Waals surface area (Å²) in [6, 6.07) is 25.7. The van der Waals surface area contributed by atoms with Gasteiger partial charge in [-0.05, 0) is 238 Å². The van der Waals surface area contributed by atoms with Crippen LogP contribution in [0.2, 0.25) is 0 Å². The lowest BCUT2D eigenvalue weighted by Crippen LogP contribution is -2.50. The zero-order chi connectivity index (χ0) is 100.0. The maximum Gasteiger partial charge on any atom is 0.416 e. The summed E-state index contributed by atoms with van der Waals surface area (Å²) in [6.07, 6.45) is 16.2. The number of ketones is 3. The number of carboxylic acid groups (broad SMARTS) is 1. The molecule has 7 amide bonds. The van der Waals surface area contributed by atoms with Gasteiger partial charge in [0.1, 0.15) is 12.4 Å². The van der Waals surface area contributed by atoms with Crippen LogP contribution in [0.5, 0.6) is 28.7 Å². The topological polar surface area (TPSA) is 429 Å². The van der Waals surface area contributed by atoms with Crippen LogP contribution in [0.4, 0.5) is 31.4 Å². The highest BCUT2D eigenvalue weighted by Gasteiger charge is 2.59. The number of fused-ring (bicyclic) bond motifs is 7. The van der Waals surface area contributed by atoms with Gasteiger partial charge >= 0.3 is 30.2 Å². The number of hydrogen-bond acceptors (Lipinski definition) is 24. The van der Waals surface area contributed by atoms with Gasteiger partial charge in [0.25, 0.3) is 17.5 Å². The predicted octanol–water partition coefficient (Wildman–Crippen LogP) is 14.9. The van der Waals surface area contributed by atoms with E-state index in [0.29, 0.717) is 146 Å². The number of rotatable bonds is 40. The van der Waals surface area contributed by atoms with E-state index in [4.69, 9.17) is 47.7 Å². The van der Waals surface area contributed by atoms with Crippen molar-refractivity contribution in [1.82, 2.24) is 25.8 Å². The first kappa shape index (κ1) is 103. The molecule has 4 unspecified atom stereocenters. The largest absolute Gasteiger partial charge is 0.497 e. The normalized spacial score (nSPS) is 22.7. The number of carboxylic acids is 1. The van der Waals surface area contributed by atoms with Crippen molar-refractivity contribution in [3.05, 3.63) is 147 Å². The number of amides is 7. The second-order valence-corrected chi connectivity index (χ2v) is 38.9. The number of aliphatic hydroxyl groups excluding tert-OH is 1. The van der Waals surface area contributed by atoms with Crippen molar-refractivity contribution in [2.24, 2.45) is 70.5 Å². The van der Waals surface area contributed by atoms with Gasteiger partial charge in [0.05, 0.1) is 109 Å². The number of esters is 1. The second kappa shape index (κ2) is 48.6. The number of methoxy groups -OCH3 is 3. The predicted molar refractivity (Wildman–Crippen MR) is 518 cm³/mol. The van der Waals surface area contributed by atoms with Gasteiger partial charge < -0.3 is 78.6 Å². The fraction of sp³-hybridized carbons (Fsp3) is 0.537. The molecule has 1 saturated heterocycles. The number of benzene rings is 5. The smallest absolute Gasteiger partial charge is 0.416 e. The minimum atomic E-state index is -1.45. The molecule has 7 aliphatic carbocycles. The number of nitro groups is 1. The lowest BCUT2D eigenvalue weighted by molar-refractivity contribution is -0.384. The Hall–Kier alpha value is -13.5. The summed E-state index contributed by atoms with van der Waals surface area (Å²) in [7, 11) is 4.68. The van der Waals surface area contributed by atoms with Gasteiger partial charge in [0, 0.05) is 118 Å². The lowest BCUT2D eigenvalue weighted by atomic mass is 9.89. The highest BCUT2D eigenvalue weighted by atomic mass is 16.6. The van der Waals surface area contributed by atoms with E-state index in [1.165, 1.54) is 31.4 Å². The van der Waals surface area contributed by atoms with Gasteiger partial charge in [-0.1, -0.05) is 50.2 Å². The van der Waals surface area contributed by atoms with Crippen LogP contribution in [0.3, 0.4) is 0 Å². The van der Waals surface area contributed by atoms with Crippen molar-refractivity contribution in [3.63, 3.8) is 0 Å². The maximum absolute atomic E-state index is 14.5. The van der Waals surface area contributed by atoms with E-state index in [2.05, 4.69) is 56.8 Å². The van der Waals surface area contributed by atoms with Crippen molar-refractivity contribution < 1.29 is 115 Å². The number of hydrogen-bond donors (Lipinski definition) is 6. The molecule has 33 heteroatoms. The molecule has 33 nitrogen and oxygen atoms in total. The number of ether oxygens (including phenoxy) is 9. The van der Waals surface area contributed by atoms with E-state index in [-0.39, 0.29) is 140 Å². The molecule has 0 bridgehead atoms. The van der Waals surface area contributed by atoms with Gasteiger partial charge in [-0.15, -0.1) is 35.5 Å². The average molecular weight is 1940 g/mol. The third-order valence-corrected chi connectivity index (χ3v) is 29.2. The summed E-state index contributed by atoms with van der Waals surface area (Å²) in [4.78, 5) is 168. The average Bonchev–Trinajstić information content (AvgIpc) is 1.56.